The summed E-state index contributed by atoms with van der Waals surface area (Å²) >= 11 is 1.43. The van der Waals surface area contributed by atoms with Gasteiger partial charge in [0.05, 0.1) is 42.4 Å². The smallest absolute Gasteiger partial charge is 0.353 e. The Morgan fingerprint density at radius 3 is 2.59 bits per heavy atom. The van der Waals surface area contributed by atoms with Crippen LogP contribution in [0.4, 0.5) is 0 Å². The number of β-lactam (4-membered cyclic amide) rings is 1. The molecular formula is C20H30N4O6S2. The molecule has 0 aromatic heterocycles. The fourth-order valence-electron chi connectivity index (χ4n) is 5.22. The van der Waals surface area contributed by atoms with E-state index in [0.717, 1.165) is 0 Å². The van der Waals surface area contributed by atoms with Crippen LogP contribution in [0.25, 0.3) is 0 Å². The third-order valence-corrected chi connectivity index (χ3v) is 9.24. The third kappa shape index (κ3) is 3.74. The Labute approximate surface area is 192 Å². The maximum absolute atomic E-state index is 12.5. The summed E-state index contributed by atoms with van der Waals surface area (Å²) in [6, 6.07) is -0.597. The molecule has 0 saturated carbocycles. The first-order valence-corrected chi connectivity index (χ1v) is 13.4. The minimum absolute atomic E-state index is 0.00146. The molecule has 32 heavy (non-hydrogen) atoms. The van der Waals surface area contributed by atoms with Crippen molar-refractivity contribution < 1.29 is 28.2 Å². The number of carbonyl (C=O) groups excluding carboxylic acids is 1. The van der Waals surface area contributed by atoms with Crippen molar-refractivity contribution in [1.29, 1.82) is 0 Å². The molecule has 0 bridgehead atoms. The van der Waals surface area contributed by atoms with Gasteiger partial charge in [-0.1, -0.05) is 6.92 Å². The molecule has 6 atom stereocenters. The van der Waals surface area contributed by atoms with Crippen LogP contribution in [0, 0.1) is 11.8 Å². The fourth-order valence-corrected chi connectivity index (χ4v) is 7.76. The number of sulfonamides is 1. The first-order valence-electron chi connectivity index (χ1n) is 10.7. The first kappa shape index (κ1) is 23.5. The van der Waals surface area contributed by atoms with Gasteiger partial charge in [-0.05, 0) is 27.2 Å². The van der Waals surface area contributed by atoms with Gasteiger partial charge in [0.1, 0.15) is 11.5 Å². The van der Waals surface area contributed by atoms with Crippen molar-refractivity contribution in [2.24, 2.45) is 16.8 Å². The number of nitrogens with zero attached hydrogens (tertiary/aromatic N) is 3. The molecule has 0 aliphatic carbocycles. The summed E-state index contributed by atoms with van der Waals surface area (Å²) in [5.41, 5.74) is -0.498. The van der Waals surface area contributed by atoms with E-state index in [4.69, 9.17) is 0 Å². The number of hydrogen-bond donors (Lipinski definition) is 3. The second kappa shape index (κ2) is 7.71. The van der Waals surface area contributed by atoms with Crippen molar-refractivity contribution in [2.75, 3.05) is 19.3 Å². The Morgan fingerprint density at radius 1 is 1.38 bits per heavy atom. The number of aliphatic carboxylic acids is 1. The number of hydrogen-bond acceptors (Lipinski definition) is 8. The molecule has 4 aliphatic heterocycles. The Bertz CT molecular complexity index is 1020. The maximum Gasteiger partial charge on any atom is 0.353 e. The minimum atomic E-state index is -3.45. The number of rotatable bonds is 6. The van der Waals surface area contributed by atoms with E-state index < -0.39 is 33.6 Å². The lowest BCUT2D eigenvalue weighted by Crippen LogP contribution is -2.63. The second-order valence-corrected chi connectivity index (χ2v) is 13.0. The average Bonchev–Trinajstić information content (AvgIpc) is 3.29. The molecule has 4 aliphatic rings. The summed E-state index contributed by atoms with van der Waals surface area (Å²) in [6.45, 7) is 8.09. The Hall–Kier alpha value is -1.63. The molecule has 0 aromatic rings. The number of carboxylic acids is 1. The molecule has 4 rings (SSSR count). The van der Waals surface area contributed by atoms with Crippen LogP contribution in [0.3, 0.4) is 0 Å². The van der Waals surface area contributed by atoms with E-state index in [2.05, 4.69) is 10.3 Å². The molecule has 0 radical (unpaired) electrons. The van der Waals surface area contributed by atoms with Crippen LogP contribution in [0.2, 0.25) is 0 Å². The van der Waals surface area contributed by atoms with Crippen molar-refractivity contribution in [1.82, 2.24) is 14.5 Å². The summed E-state index contributed by atoms with van der Waals surface area (Å²) in [4.78, 5) is 31.1. The summed E-state index contributed by atoms with van der Waals surface area (Å²) in [7, 11) is -3.45. The van der Waals surface area contributed by atoms with Crippen LogP contribution in [0.5, 0.6) is 0 Å². The summed E-state index contributed by atoms with van der Waals surface area (Å²) in [5, 5.41) is 23.2. The molecule has 10 nitrogen and oxygen atoms in total. The lowest BCUT2D eigenvalue weighted by Gasteiger charge is -2.46. The molecule has 4 heterocycles. The van der Waals surface area contributed by atoms with Crippen LogP contribution in [0.15, 0.2) is 15.6 Å². The minimum Gasteiger partial charge on any atom is -0.477 e. The highest BCUT2D eigenvalue weighted by molar-refractivity contribution is 8.03. The number of nitrogens with one attached hydrogen (secondary N) is 1. The summed E-state index contributed by atoms with van der Waals surface area (Å²) in [6.07, 6.45) is 0.927. The van der Waals surface area contributed by atoms with E-state index in [1.165, 1.54) is 27.2 Å². The van der Waals surface area contributed by atoms with Gasteiger partial charge in [0.15, 0.2) is 0 Å². The van der Waals surface area contributed by atoms with Gasteiger partial charge in [-0.15, -0.1) is 11.8 Å². The van der Waals surface area contributed by atoms with Crippen LogP contribution in [0.1, 0.15) is 34.1 Å². The van der Waals surface area contributed by atoms with Crippen molar-refractivity contribution in [3.8, 4) is 0 Å². The highest BCUT2D eigenvalue weighted by Crippen LogP contribution is 2.51. The first-order chi connectivity index (χ1) is 14.7. The molecule has 178 valence electrons. The number of aliphatic imine (C=N–C) groups is 1. The van der Waals surface area contributed by atoms with E-state index in [1.807, 2.05) is 20.8 Å². The number of amidine groups is 1. The van der Waals surface area contributed by atoms with E-state index in [-0.39, 0.29) is 34.9 Å². The van der Waals surface area contributed by atoms with Gasteiger partial charge in [-0.25, -0.2) is 13.2 Å². The van der Waals surface area contributed by atoms with Gasteiger partial charge in [0.25, 0.3) is 0 Å². The van der Waals surface area contributed by atoms with Gasteiger partial charge in [0.2, 0.25) is 15.9 Å². The molecule has 0 spiro atoms. The molecular weight excluding hydrogens is 456 g/mol. The average molecular weight is 487 g/mol. The van der Waals surface area contributed by atoms with Crippen LogP contribution >= 0.6 is 11.8 Å². The fraction of sp³-hybridized carbons (Fsp3) is 0.750. The molecule has 3 N–H and O–H groups in total. The van der Waals surface area contributed by atoms with Gasteiger partial charge in [-0.3, -0.25) is 14.1 Å². The number of aliphatic hydroxyl groups excluding tert-OH is 1. The topological polar surface area (TPSA) is 140 Å². The highest BCUT2D eigenvalue weighted by Gasteiger charge is 2.60. The number of fused-ring (bicyclic) bond motifs is 1. The van der Waals surface area contributed by atoms with Crippen molar-refractivity contribution >= 4 is 39.5 Å². The Kier molecular flexibility index (Phi) is 5.67. The highest BCUT2D eigenvalue weighted by atomic mass is 32.2. The quantitative estimate of drug-likeness (QED) is 0.448. The number of thioether (sulfide) groups is 1. The van der Waals surface area contributed by atoms with Crippen molar-refractivity contribution in [2.45, 2.75) is 63.1 Å². The molecule has 2 fully saturated rings. The second-order valence-electron chi connectivity index (χ2n) is 9.76. The van der Waals surface area contributed by atoms with E-state index in [0.29, 0.717) is 30.3 Å². The largest absolute Gasteiger partial charge is 0.477 e. The Morgan fingerprint density at radius 2 is 2.03 bits per heavy atom. The lowest BCUT2D eigenvalue weighted by molar-refractivity contribution is -0.163. The monoisotopic (exact) mass is 486 g/mol. The van der Waals surface area contributed by atoms with E-state index >= 15 is 0 Å². The zero-order valence-corrected chi connectivity index (χ0v) is 20.4. The standard InChI is InChI=1S/C20H30N4O6S2/c1-9-14-13(10(2)25)18(26)24(14)15(19(27)28)16(9)31-11-6-12(21-7-11)17-22-20(3,4)8-23(17)32(5,29)30/h9-14,21,25H,6-8H2,1-5H3,(H,27,28)/t9-,10-,11+,12+,13+,14-/m1/s1. The van der Waals surface area contributed by atoms with Gasteiger partial charge in [-0.2, -0.15) is 0 Å². The van der Waals surface area contributed by atoms with Gasteiger partial charge >= 0.3 is 5.97 Å². The van der Waals surface area contributed by atoms with Gasteiger partial charge in [0, 0.05) is 22.6 Å². The number of carboxylic acid groups (broad SMARTS) is 1. The number of carbonyl (C=O) groups is 2. The summed E-state index contributed by atoms with van der Waals surface area (Å²) < 4.78 is 25.9. The maximum atomic E-state index is 12.5. The zero-order valence-electron chi connectivity index (χ0n) is 18.8. The normalized spacial score (nSPS) is 35.1. The summed E-state index contributed by atoms with van der Waals surface area (Å²) in [5.74, 6) is -1.78. The SMILES string of the molecule is C[C@@H](O)[C@@H]1C(=O)N2C(C(=O)O)=C(S[C@@H]3CN[C@H](C4=NC(C)(C)CN4S(C)(=O)=O)C3)[C@H](C)[C@H]12. The predicted molar refractivity (Wildman–Crippen MR) is 120 cm³/mol. The van der Waals surface area contributed by atoms with Crippen LogP contribution in [-0.4, -0.2) is 93.9 Å². The van der Waals surface area contributed by atoms with Crippen LogP contribution < -0.4 is 5.32 Å². The predicted octanol–water partition coefficient (Wildman–Crippen LogP) is 0.0561. The molecule has 1 amide bonds. The van der Waals surface area contributed by atoms with Crippen molar-refractivity contribution in [3.05, 3.63) is 10.6 Å². The van der Waals surface area contributed by atoms with Crippen LogP contribution in [-0.2, 0) is 19.6 Å². The number of aliphatic hydroxyl groups is 1. The lowest BCUT2D eigenvalue weighted by atomic mass is 9.79. The number of amides is 1. The zero-order chi connectivity index (χ0) is 23.7. The van der Waals surface area contributed by atoms with Gasteiger partial charge < -0.3 is 20.4 Å². The van der Waals surface area contributed by atoms with Crippen molar-refractivity contribution in [3.63, 3.8) is 0 Å². The molecule has 12 heteroatoms. The van der Waals surface area contributed by atoms with E-state index in [9.17, 15) is 28.2 Å². The molecule has 2 saturated heterocycles. The molecule has 0 aromatic carbocycles. The molecule has 0 unspecified atom stereocenters. The third-order valence-electron chi connectivity index (χ3n) is 6.61. The Balaban J connectivity index is 1.54. The van der Waals surface area contributed by atoms with E-state index in [1.54, 1.807) is 6.92 Å².